The fourth-order valence-corrected chi connectivity index (χ4v) is 2.77. The van der Waals surface area contributed by atoms with Crippen LogP contribution in [0.15, 0.2) is 60.3 Å². The van der Waals surface area contributed by atoms with Crippen LogP contribution < -0.4 is 10.6 Å². The van der Waals surface area contributed by atoms with Gasteiger partial charge in [0.25, 0.3) is 17.7 Å². The number of carbonyl (C=O) groups is 3. The van der Waals surface area contributed by atoms with E-state index in [0.29, 0.717) is 16.9 Å². The molecule has 2 aromatic rings. The lowest BCUT2D eigenvalue weighted by Gasteiger charge is -2.14. The molecule has 0 bridgehead atoms. The zero-order valence-corrected chi connectivity index (χ0v) is 14.7. The third kappa shape index (κ3) is 4.04. The Kier molecular flexibility index (Phi) is 5.33. The Hall–Kier alpha value is -3.45. The number of nitrogens with zero attached hydrogens (tertiary/aromatic N) is 1. The molecule has 3 N–H and O–H groups in total. The molecule has 0 aromatic heterocycles. The van der Waals surface area contributed by atoms with E-state index < -0.39 is 11.8 Å². The lowest BCUT2D eigenvalue weighted by molar-refractivity contribution is -0.137. The molecule has 0 radical (unpaired) electrons. The second-order valence-corrected chi connectivity index (χ2v) is 6.05. The number of carbonyl (C=O) groups excluding carboxylic acids is 3. The van der Waals surface area contributed by atoms with Crippen molar-refractivity contribution in [1.82, 2.24) is 4.90 Å². The van der Waals surface area contributed by atoms with Crippen molar-refractivity contribution in [2.24, 2.45) is 0 Å². The number of β-amino-alcohol motifs (C(OH)–C–C–N with tert-alkyl or cyclic N) is 1. The highest BCUT2D eigenvalue weighted by atomic mass is 16.3. The summed E-state index contributed by atoms with van der Waals surface area (Å²) < 4.78 is 0. The Morgan fingerprint density at radius 1 is 1.07 bits per heavy atom. The first-order chi connectivity index (χ1) is 13.0. The first kappa shape index (κ1) is 18.3. The molecule has 1 aliphatic rings. The van der Waals surface area contributed by atoms with E-state index >= 15 is 0 Å². The summed E-state index contributed by atoms with van der Waals surface area (Å²) in [7, 11) is 0. The highest BCUT2D eigenvalue weighted by molar-refractivity contribution is 6.17. The van der Waals surface area contributed by atoms with Gasteiger partial charge < -0.3 is 15.7 Å². The second-order valence-electron chi connectivity index (χ2n) is 6.05. The number of imide groups is 1. The van der Waals surface area contributed by atoms with Crippen LogP contribution in [0.1, 0.15) is 15.9 Å². The Morgan fingerprint density at radius 3 is 2.56 bits per heavy atom. The predicted octanol–water partition coefficient (Wildman–Crippen LogP) is 1.90. The van der Waals surface area contributed by atoms with Crippen LogP contribution in [0.4, 0.5) is 11.4 Å². The first-order valence-corrected chi connectivity index (χ1v) is 8.42. The number of hydrogen-bond donors (Lipinski definition) is 3. The largest absolute Gasteiger partial charge is 0.395 e. The van der Waals surface area contributed by atoms with Crippen molar-refractivity contribution in [3.8, 4) is 0 Å². The minimum atomic E-state index is -0.497. The summed E-state index contributed by atoms with van der Waals surface area (Å²) in [5.74, 6) is -1.20. The van der Waals surface area contributed by atoms with Gasteiger partial charge in [0.2, 0.25) is 0 Å². The number of nitrogens with one attached hydrogen (secondary N) is 2. The van der Waals surface area contributed by atoms with Gasteiger partial charge in [-0.05, 0) is 36.8 Å². The van der Waals surface area contributed by atoms with Crippen molar-refractivity contribution in [2.75, 3.05) is 23.8 Å². The lowest BCUT2D eigenvalue weighted by Crippen LogP contribution is -2.34. The van der Waals surface area contributed by atoms with E-state index in [4.69, 9.17) is 5.11 Å². The van der Waals surface area contributed by atoms with Crippen LogP contribution in [0.2, 0.25) is 0 Å². The average Bonchev–Trinajstić information content (AvgIpc) is 2.90. The molecule has 0 aliphatic carbocycles. The number of aliphatic hydroxyl groups excluding tert-OH is 1. The third-order valence-electron chi connectivity index (χ3n) is 4.12. The van der Waals surface area contributed by atoms with Gasteiger partial charge in [0, 0.05) is 23.0 Å². The van der Waals surface area contributed by atoms with Gasteiger partial charge in [-0.1, -0.05) is 24.3 Å². The van der Waals surface area contributed by atoms with Crippen molar-refractivity contribution in [1.29, 1.82) is 0 Å². The molecule has 7 heteroatoms. The molecule has 7 nitrogen and oxygen atoms in total. The van der Waals surface area contributed by atoms with E-state index in [1.54, 1.807) is 36.4 Å². The number of hydrogen-bond acceptors (Lipinski definition) is 5. The van der Waals surface area contributed by atoms with Crippen LogP contribution >= 0.6 is 0 Å². The van der Waals surface area contributed by atoms with Crippen LogP contribution in [0.5, 0.6) is 0 Å². The number of amides is 3. The van der Waals surface area contributed by atoms with Crippen LogP contribution in [-0.2, 0) is 9.59 Å². The second kappa shape index (κ2) is 7.84. The average molecular weight is 365 g/mol. The smallest absolute Gasteiger partial charge is 0.277 e. The van der Waals surface area contributed by atoms with E-state index in [0.717, 1.165) is 10.5 Å². The molecule has 0 atom stereocenters. The number of anilines is 2. The maximum absolute atomic E-state index is 12.4. The molecule has 0 saturated heterocycles. The molecule has 1 aliphatic heterocycles. The number of aryl methyl sites for hydroxylation is 1. The highest BCUT2D eigenvalue weighted by Gasteiger charge is 2.30. The van der Waals surface area contributed by atoms with Gasteiger partial charge in [-0.3, -0.25) is 19.3 Å². The topological polar surface area (TPSA) is 98.7 Å². The van der Waals surface area contributed by atoms with E-state index in [-0.39, 0.29) is 24.8 Å². The molecule has 3 rings (SSSR count). The summed E-state index contributed by atoms with van der Waals surface area (Å²) in [6.07, 6.45) is 1.19. The van der Waals surface area contributed by atoms with Crippen molar-refractivity contribution >= 4 is 29.1 Å². The van der Waals surface area contributed by atoms with Gasteiger partial charge in [0.15, 0.2) is 0 Å². The van der Waals surface area contributed by atoms with E-state index in [2.05, 4.69) is 10.6 Å². The fraction of sp³-hybridized carbons (Fsp3) is 0.150. The summed E-state index contributed by atoms with van der Waals surface area (Å²) >= 11 is 0. The standard InChI is InChI=1S/C20H19N3O4/c1-13-5-2-3-8-16(13)19(26)22-15-7-4-6-14(11-15)21-17-12-18(25)23(9-10-24)20(17)27/h2-8,11-12,21,24H,9-10H2,1H3,(H,22,26). The molecule has 1 heterocycles. The van der Waals surface area contributed by atoms with Crippen LogP contribution in [0, 0.1) is 6.92 Å². The van der Waals surface area contributed by atoms with E-state index in [1.807, 2.05) is 19.1 Å². The van der Waals surface area contributed by atoms with Crippen molar-refractivity contribution in [3.63, 3.8) is 0 Å². The number of benzene rings is 2. The quantitative estimate of drug-likeness (QED) is 0.679. The molecule has 2 aromatic carbocycles. The molecule has 0 unspecified atom stereocenters. The maximum atomic E-state index is 12.4. The van der Waals surface area contributed by atoms with E-state index in [9.17, 15) is 14.4 Å². The Labute approximate surface area is 156 Å². The Morgan fingerprint density at radius 2 is 1.81 bits per heavy atom. The normalized spacial score (nSPS) is 13.6. The molecular formula is C20H19N3O4. The monoisotopic (exact) mass is 365 g/mol. The molecule has 0 fully saturated rings. The predicted molar refractivity (Wildman–Crippen MR) is 101 cm³/mol. The minimum Gasteiger partial charge on any atom is -0.395 e. The minimum absolute atomic E-state index is 0.0497. The zero-order valence-electron chi connectivity index (χ0n) is 14.7. The van der Waals surface area contributed by atoms with Crippen LogP contribution in [-0.4, -0.2) is 40.9 Å². The third-order valence-corrected chi connectivity index (χ3v) is 4.12. The maximum Gasteiger partial charge on any atom is 0.277 e. The van der Waals surface area contributed by atoms with Gasteiger partial charge in [0.1, 0.15) is 5.70 Å². The fourth-order valence-electron chi connectivity index (χ4n) is 2.77. The van der Waals surface area contributed by atoms with Gasteiger partial charge >= 0.3 is 0 Å². The van der Waals surface area contributed by atoms with Crippen molar-refractivity contribution < 1.29 is 19.5 Å². The van der Waals surface area contributed by atoms with Gasteiger partial charge in [-0.15, -0.1) is 0 Å². The van der Waals surface area contributed by atoms with Crippen molar-refractivity contribution in [2.45, 2.75) is 6.92 Å². The molecule has 0 saturated carbocycles. The summed E-state index contributed by atoms with van der Waals surface area (Å²) in [4.78, 5) is 37.4. The molecule has 138 valence electrons. The Bertz CT molecular complexity index is 936. The van der Waals surface area contributed by atoms with Crippen LogP contribution in [0.3, 0.4) is 0 Å². The van der Waals surface area contributed by atoms with E-state index in [1.165, 1.54) is 6.08 Å². The summed E-state index contributed by atoms with van der Waals surface area (Å²) in [5.41, 5.74) is 2.67. The summed E-state index contributed by atoms with van der Waals surface area (Å²) in [5, 5.41) is 14.7. The summed E-state index contributed by atoms with van der Waals surface area (Å²) in [6.45, 7) is 1.52. The van der Waals surface area contributed by atoms with Gasteiger partial charge in [-0.25, -0.2) is 0 Å². The van der Waals surface area contributed by atoms with Crippen LogP contribution in [0.25, 0.3) is 0 Å². The van der Waals surface area contributed by atoms with Gasteiger partial charge in [0.05, 0.1) is 13.2 Å². The molecule has 3 amide bonds. The Balaban J connectivity index is 1.72. The number of aliphatic hydroxyl groups is 1. The highest BCUT2D eigenvalue weighted by Crippen LogP contribution is 2.21. The molecular weight excluding hydrogens is 346 g/mol. The zero-order chi connectivity index (χ0) is 19.4. The molecule has 0 spiro atoms. The van der Waals surface area contributed by atoms with Crippen molar-refractivity contribution in [3.05, 3.63) is 71.4 Å². The SMILES string of the molecule is Cc1ccccc1C(=O)Nc1cccc(NC2=CC(=O)N(CCO)C2=O)c1. The van der Waals surface area contributed by atoms with Gasteiger partial charge in [-0.2, -0.15) is 0 Å². The first-order valence-electron chi connectivity index (χ1n) is 8.42. The summed E-state index contributed by atoms with van der Waals surface area (Å²) in [6, 6.07) is 14.1. The lowest BCUT2D eigenvalue weighted by atomic mass is 10.1. The number of rotatable bonds is 6. The molecule has 27 heavy (non-hydrogen) atoms.